The number of benzene rings is 1. The lowest BCUT2D eigenvalue weighted by molar-refractivity contribution is -0.124. The first-order valence-electron chi connectivity index (χ1n) is 10.0. The standard InChI is InChI=1S/C21H31N3O4/c1-15(2)24-21(27)23-13-17-8-10-18(11-9-17)20(26)28-14-19(25)22-12-16-6-4-3-5-7-16/h8-11,15-16H,3-7,12-14H2,1-2H3,(H,22,25)(H2,23,24,27). The molecule has 0 aliphatic heterocycles. The van der Waals surface area contributed by atoms with Gasteiger partial charge in [0, 0.05) is 19.1 Å². The summed E-state index contributed by atoms with van der Waals surface area (Å²) < 4.78 is 5.08. The second-order valence-electron chi connectivity index (χ2n) is 7.56. The van der Waals surface area contributed by atoms with Gasteiger partial charge >= 0.3 is 12.0 Å². The highest BCUT2D eigenvalue weighted by atomic mass is 16.5. The van der Waals surface area contributed by atoms with Crippen molar-refractivity contribution >= 4 is 17.9 Å². The Morgan fingerprint density at radius 1 is 1.04 bits per heavy atom. The van der Waals surface area contributed by atoms with E-state index in [0.29, 0.717) is 24.6 Å². The zero-order valence-electron chi connectivity index (χ0n) is 16.8. The van der Waals surface area contributed by atoms with E-state index in [1.807, 2.05) is 13.8 Å². The lowest BCUT2D eigenvalue weighted by atomic mass is 9.89. The maximum absolute atomic E-state index is 12.1. The third-order valence-corrected chi connectivity index (χ3v) is 4.71. The molecule has 1 saturated carbocycles. The van der Waals surface area contributed by atoms with E-state index in [-0.39, 0.29) is 24.6 Å². The highest BCUT2D eigenvalue weighted by Crippen LogP contribution is 2.22. The van der Waals surface area contributed by atoms with E-state index in [2.05, 4.69) is 16.0 Å². The fraction of sp³-hybridized carbons (Fsp3) is 0.571. The zero-order valence-corrected chi connectivity index (χ0v) is 16.8. The second kappa shape index (κ2) is 11.3. The summed E-state index contributed by atoms with van der Waals surface area (Å²) in [5.41, 5.74) is 1.23. The van der Waals surface area contributed by atoms with E-state index in [1.54, 1.807) is 24.3 Å². The molecular formula is C21H31N3O4. The molecule has 1 aromatic rings. The van der Waals surface area contributed by atoms with Crippen LogP contribution in [0.25, 0.3) is 0 Å². The molecule has 0 bridgehead atoms. The van der Waals surface area contributed by atoms with Gasteiger partial charge in [0.15, 0.2) is 6.61 Å². The highest BCUT2D eigenvalue weighted by molar-refractivity contribution is 5.91. The van der Waals surface area contributed by atoms with Gasteiger partial charge in [0.25, 0.3) is 5.91 Å². The smallest absolute Gasteiger partial charge is 0.338 e. The summed E-state index contributed by atoms with van der Waals surface area (Å²) in [7, 11) is 0. The van der Waals surface area contributed by atoms with Crippen LogP contribution in [-0.2, 0) is 16.1 Å². The summed E-state index contributed by atoms with van der Waals surface area (Å²) in [6.45, 7) is 4.51. The summed E-state index contributed by atoms with van der Waals surface area (Å²) in [5, 5.41) is 8.33. The highest BCUT2D eigenvalue weighted by Gasteiger charge is 2.15. The monoisotopic (exact) mass is 389 g/mol. The van der Waals surface area contributed by atoms with Crippen molar-refractivity contribution < 1.29 is 19.1 Å². The van der Waals surface area contributed by atoms with Crippen molar-refractivity contribution in [1.29, 1.82) is 0 Å². The van der Waals surface area contributed by atoms with E-state index < -0.39 is 5.97 Å². The predicted octanol–water partition coefficient (Wildman–Crippen LogP) is 2.75. The van der Waals surface area contributed by atoms with Crippen LogP contribution in [0.15, 0.2) is 24.3 Å². The van der Waals surface area contributed by atoms with Gasteiger partial charge in [0.05, 0.1) is 5.56 Å². The number of ether oxygens (including phenoxy) is 1. The Morgan fingerprint density at radius 3 is 2.36 bits per heavy atom. The van der Waals surface area contributed by atoms with Crippen LogP contribution in [0, 0.1) is 5.92 Å². The minimum Gasteiger partial charge on any atom is -0.452 e. The number of hydrogen-bond acceptors (Lipinski definition) is 4. The van der Waals surface area contributed by atoms with Crippen molar-refractivity contribution in [2.24, 2.45) is 5.92 Å². The Hall–Kier alpha value is -2.57. The second-order valence-corrected chi connectivity index (χ2v) is 7.56. The first-order valence-corrected chi connectivity index (χ1v) is 10.0. The van der Waals surface area contributed by atoms with Gasteiger partial charge in [-0.1, -0.05) is 31.4 Å². The maximum atomic E-state index is 12.1. The molecule has 154 valence electrons. The normalized spacial score (nSPS) is 14.4. The van der Waals surface area contributed by atoms with Crippen molar-refractivity contribution in [3.63, 3.8) is 0 Å². The fourth-order valence-corrected chi connectivity index (χ4v) is 3.17. The van der Waals surface area contributed by atoms with Crippen molar-refractivity contribution in [3.8, 4) is 0 Å². The third kappa shape index (κ3) is 7.98. The topological polar surface area (TPSA) is 96.5 Å². The third-order valence-electron chi connectivity index (χ3n) is 4.71. The molecule has 1 fully saturated rings. The minimum absolute atomic E-state index is 0.0667. The average molecular weight is 389 g/mol. The SMILES string of the molecule is CC(C)NC(=O)NCc1ccc(C(=O)OCC(=O)NCC2CCCCC2)cc1. The molecule has 7 nitrogen and oxygen atoms in total. The van der Waals surface area contributed by atoms with Gasteiger partial charge in [-0.3, -0.25) is 4.79 Å². The lowest BCUT2D eigenvalue weighted by Gasteiger charge is -2.21. The van der Waals surface area contributed by atoms with Gasteiger partial charge < -0.3 is 20.7 Å². The molecule has 0 heterocycles. The Morgan fingerprint density at radius 2 is 1.71 bits per heavy atom. The number of nitrogens with one attached hydrogen (secondary N) is 3. The summed E-state index contributed by atoms with van der Waals surface area (Å²) in [4.78, 5) is 35.5. The summed E-state index contributed by atoms with van der Waals surface area (Å²) in [6.07, 6.45) is 6.04. The van der Waals surface area contributed by atoms with Crippen LogP contribution >= 0.6 is 0 Å². The van der Waals surface area contributed by atoms with Crippen molar-refractivity contribution in [1.82, 2.24) is 16.0 Å². The van der Waals surface area contributed by atoms with Crippen LogP contribution in [0.1, 0.15) is 61.9 Å². The molecule has 28 heavy (non-hydrogen) atoms. The molecule has 1 aromatic carbocycles. The molecule has 2 rings (SSSR count). The number of esters is 1. The zero-order chi connectivity index (χ0) is 20.4. The van der Waals surface area contributed by atoms with Gasteiger partial charge in [-0.15, -0.1) is 0 Å². The van der Waals surface area contributed by atoms with E-state index in [4.69, 9.17) is 4.74 Å². The first kappa shape index (κ1) is 21.7. The number of carbonyl (C=O) groups is 3. The van der Waals surface area contributed by atoms with E-state index in [9.17, 15) is 14.4 Å². The van der Waals surface area contributed by atoms with Gasteiger partial charge in [-0.25, -0.2) is 9.59 Å². The van der Waals surface area contributed by atoms with Gasteiger partial charge in [-0.05, 0) is 50.3 Å². The molecule has 0 atom stereocenters. The Kier molecular flexibility index (Phi) is 8.78. The van der Waals surface area contributed by atoms with E-state index in [0.717, 1.165) is 18.4 Å². The fourth-order valence-electron chi connectivity index (χ4n) is 3.17. The molecule has 0 spiro atoms. The molecule has 0 saturated heterocycles. The van der Waals surface area contributed by atoms with Crippen LogP contribution < -0.4 is 16.0 Å². The first-order chi connectivity index (χ1) is 13.4. The molecule has 7 heteroatoms. The Bertz CT molecular complexity index is 652. The van der Waals surface area contributed by atoms with Crippen molar-refractivity contribution in [3.05, 3.63) is 35.4 Å². The molecule has 3 N–H and O–H groups in total. The number of rotatable bonds is 8. The van der Waals surface area contributed by atoms with E-state index >= 15 is 0 Å². The molecule has 1 aliphatic carbocycles. The molecule has 0 aromatic heterocycles. The van der Waals surface area contributed by atoms with Crippen LogP contribution in [0.3, 0.4) is 0 Å². The summed E-state index contributed by atoms with van der Waals surface area (Å²) >= 11 is 0. The van der Waals surface area contributed by atoms with Crippen molar-refractivity contribution in [2.45, 2.75) is 58.5 Å². The van der Waals surface area contributed by atoms with Crippen LogP contribution in [0.2, 0.25) is 0 Å². The number of hydrogen-bond donors (Lipinski definition) is 3. The molecule has 3 amide bonds. The minimum atomic E-state index is -0.537. The molecule has 0 unspecified atom stereocenters. The lowest BCUT2D eigenvalue weighted by Crippen LogP contribution is -2.39. The maximum Gasteiger partial charge on any atom is 0.338 e. The van der Waals surface area contributed by atoms with Gasteiger partial charge in [0.2, 0.25) is 0 Å². The van der Waals surface area contributed by atoms with Crippen LogP contribution in [0.5, 0.6) is 0 Å². The molecule has 0 radical (unpaired) electrons. The Balaban J connectivity index is 1.68. The van der Waals surface area contributed by atoms with Crippen LogP contribution in [0.4, 0.5) is 4.79 Å². The summed E-state index contributed by atoms with van der Waals surface area (Å²) in [5.74, 6) is -0.266. The van der Waals surface area contributed by atoms with Gasteiger partial charge in [0.1, 0.15) is 0 Å². The number of carbonyl (C=O) groups excluding carboxylic acids is 3. The van der Waals surface area contributed by atoms with E-state index in [1.165, 1.54) is 19.3 Å². The van der Waals surface area contributed by atoms with Crippen molar-refractivity contribution in [2.75, 3.05) is 13.2 Å². The predicted molar refractivity (Wildman–Crippen MR) is 107 cm³/mol. The van der Waals surface area contributed by atoms with Crippen LogP contribution in [-0.4, -0.2) is 37.1 Å². The largest absolute Gasteiger partial charge is 0.452 e. The average Bonchev–Trinajstić information content (AvgIpc) is 2.69. The van der Waals surface area contributed by atoms with Gasteiger partial charge in [-0.2, -0.15) is 0 Å². The number of urea groups is 1. The molecular weight excluding hydrogens is 358 g/mol. The summed E-state index contributed by atoms with van der Waals surface area (Å²) in [6, 6.07) is 6.57. The molecule has 1 aliphatic rings. The Labute approximate surface area is 166 Å². The number of amides is 3. The quantitative estimate of drug-likeness (QED) is 0.596.